The third-order valence-corrected chi connectivity index (χ3v) is 11.3. The van der Waals surface area contributed by atoms with Gasteiger partial charge in [-0.1, -0.05) is 147 Å². The van der Waals surface area contributed by atoms with E-state index in [0.29, 0.717) is 0 Å². The van der Waals surface area contributed by atoms with E-state index in [1.165, 1.54) is 12.8 Å². The predicted molar refractivity (Wildman–Crippen MR) is 293 cm³/mol. The Balaban J connectivity index is 0.000000144. The molecule has 389 valence electrons. The summed E-state index contributed by atoms with van der Waals surface area (Å²) in [5.74, 6) is 14.9. The van der Waals surface area contributed by atoms with Crippen molar-refractivity contribution in [2.45, 2.75) is 25.7 Å². The minimum absolute atomic E-state index is 0. The van der Waals surface area contributed by atoms with Crippen LogP contribution in [0.25, 0.3) is 82.1 Å². The van der Waals surface area contributed by atoms with Gasteiger partial charge in [0.1, 0.15) is 0 Å². The third-order valence-electron chi connectivity index (χ3n) is 11.3. The first-order valence-corrected chi connectivity index (χ1v) is 32.1. The van der Waals surface area contributed by atoms with Crippen LogP contribution in [-0.2, 0) is 9.47 Å². The number of aliphatic imine (C=N–C) groups is 1. The van der Waals surface area contributed by atoms with Gasteiger partial charge in [0.15, 0.2) is 0 Å². The van der Waals surface area contributed by atoms with Crippen LogP contribution < -0.4 is 51.3 Å². The third kappa shape index (κ3) is 17.0. The van der Waals surface area contributed by atoms with Crippen molar-refractivity contribution in [2.24, 2.45) is 4.99 Å². The Labute approximate surface area is 486 Å². The molecule has 0 saturated carbocycles. The first-order chi connectivity index (χ1) is 36.2. The molecule has 7 aliphatic heterocycles. The smallest absolute Gasteiger partial charge is 0 e. The number of allylic oxidation sites excluding steroid dienone is 2. The Bertz CT molecular complexity index is 3640. The molecule has 0 radical (unpaired) electrons. The molecule has 20 bridgehead atoms. The number of hydrogen-bond donors (Lipinski definition) is 0. The summed E-state index contributed by atoms with van der Waals surface area (Å²) in [5, 5.41) is 3.57. The Hall–Kier alpha value is -5.07. The quantitative estimate of drug-likeness (QED) is 0.136. The maximum absolute atomic E-state index is 4.98. The van der Waals surface area contributed by atoms with Crippen LogP contribution in [0.4, 0.5) is 0 Å². The van der Waals surface area contributed by atoms with E-state index in [1.54, 1.807) is 0 Å². The summed E-state index contributed by atoms with van der Waals surface area (Å²) in [5.41, 5.74) is 10.6. The van der Waals surface area contributed by atoms with Crippen LogP contribution in [0, 0.1) is 82.3 Å². The average Bonchev–Trinajstić information content (AvgIpc) is 4.21. The molecule has 2 saturated heterocycles. The van der Waals surface area contributed by atoms with Crippen molar-refractivity contribution in [1.82, 2.24) is 53.8 Å². The monoisotopic (exact) mass is 1340 g/mol. The molecule has 2 fully saturated rings. The van der Waals surface area contributed by atoms with Crippen LogP contribution >= 0.6 is 17.9 Å². The van der Waals surface area contributed by atoms with Gasteiger partial charge in [-0.3, -0.25) is 0 Å². The zero-order chi connectivity index (χ0) is 50.5. The topological polar surface area (TPSA) is 145 Å². The summed E-state index contributed by atoms with van der Waals surface area (Å²) in [6, 6.07) is 29.9. The maximum atomic E-state index is 4.98. The Morgan fingerprint density at radius 3 is 1.53 bits per heavy atom. The van der Waals surface area contributed by atoms with Crippen molar-refractivity contribution < 1.29 is 78.6 Å². The van der Waals surface area contributed by atoms with Gasteiger partial charge in [0.05, 0.1) is 29.5 Å². The van der Waals surface area contributed by atoms with Gasteiger partial charge in [-0.25, -0.2) is 23.2 Å². The Morgan fingerprint density at radius 1 is 0.507 bits per heavy atom. The maximum Gasteiger partial charge on any atom is 0 e. The van der Waals surface area contributed by atoms with Crippen molar-refractivity contribution in [1.29, 1.82) is 0 Å². The molecule has 0 N–H and O–H groups in total. The minimum atomic E-state index is -1.98. The molecule has 7 aromatic heterocycles. The van der Waals surface area contributed by atoms with E-state index in [4.69, 9.17) is 27.4 Å². The van der Waals surface area contributed by atoms with Gasteiger partial charge in [0, 0.05) is 78.1 Å². The zero-order valence-electron chi connectivity index (χ0n) is 40.0. The molecule has 0 aromatic carbocycles. The van der Waals surface area contributed by atoms with Crippen molar-refractivity contribution in [3.05, 3.63) is 204 Å². The summed E-state index contributed by atoms with van der Waals surface area (Å²) in [7, 11) is 0. The molecule has 0 amide bonds. The molecular weight excluding hydrogens is 1290 g/mol. The second kappa shape index (κ2) is 27.3. The number of ether oxygens (including phenoxy) is 2. The van der Waals surface area contributed by atoms with E-state index < -0.39 is 29.2 Å². The van der Waals surface area contributed by atoms with Crippen molar-refractivity contribution >= 4 is 106 Å². The second-order valence-corrected chi connectivity index (χ2v) is 27.0. The van der Waals surface area contributed by atoms with Gasteiger partial charge in [0.2, 0.25) is 0 Å². The Morgan fingerprint density at radius 2 is 1.00 bits per heavy atom. The number of aromatic nitrogens is 9. The molecular formula is C56H47Cl3Gd2N12O2-9. The molecule has 19 heteroatoms. The molecule has 0 spiro atoms. The number of fused-ring (bicyclic) bond motifs is 19. The molecule has 0 atom stereocenters. The van der Waals surface area contributed by atoms with Crippen LogP contribution in [0.15, 0.2) is 151 Å². The number of hydrogen-bond acceptors (Lipinski definition) is 6. The van der Waals surface area contributed by atoms with Gasteiger partial charge in [-0.05, 0) is 30.5 Å². The average molecular weight is 1340 g/mol. The molecule has 14 nitrogen and oxygen atoms in total. The summed E-state index contributed by atoms with van der Waals surface area (Å²) in [6.45, 7) is 6.33. The van der Waals surface area contributed by atoms with Crippen molar-refractivity contribution in [3.63, 3.8) is 0 Å². The van der Waals surface area contributed by atoms with Gasteiger partial charge in [-0.2, -0.15) is 23.9 Å². The van der Waals surface area contributed by atoms with Crippen LogP contribution in [0.1, 0.15) is 48.5 Å². The first kappa shape index (κ1) is 54.7. The van der Waals surface area contributed by atoms with Gasteiger partial charge >= 0.3 is 47.1 Å². The second-order valence-electron chi connectivity index (χ2n) is 17.0. The largest absolute Gasteiger partial charge is 0 e. The van der Waals surface area contributed by atoms with E-state index in [-0.39, 0.29) is 39.9 Å². The number of rotatable bonds is 0. The summed E-state index contributed by atoms with van der Waals surface area (Å²) in [4.78, 5) is 41.5. The van der Waals surface area contributed by atoms with Crippen LogP contribution in [0.5, 0.6) is 0 Å². The summed E-state index contributed by atoms with van der Waals surface area (Å²) >= 11 is -1.98. The van der Waals surface area contributed by atoms with E-state index in [0.717, 1.165) is 121 Å². The molecule has 14 rings (SSSR count). The Kier molecular flexibility index (Phi) is 19.9. The van der Waals surface area contributed by atoms with Gasteiger partial charge < -0.3 is 58.3 Å². The van der Waals surface area contributed by atoms with E-state index >= 15 is 0 Å². The summed E-state index contributed by atoms with van der Waals surface area (Å²) < 4.78 is 13.6. The normalized spacial score (nSPS) is 15.5. The van der Waals surface area contributed by atoms with E-state index in [1.807, 2.05) is 212 Å². The zero-order valence-corrected chi connectivity index (χ0v) is 46.8. The van der Waals surface area contributed by atoms with E-state index in [9.17, 15) is 0 Å². The van der Waals surface area contributed by atoms with Crippen LogP contribution in [-0.4, -0.2) is 49.5 Å². The standard InChI is InChI=1S/C24H17N6.C24H16N6.2C4H7O.3ClH.2Gd/c2*1-3-19-12-21-5-7-23(27-21)14-29-9-10-30(16-29)15-24-8-6-22(28-24)13-20-4-2-18(26-20)11-17(1)25-19;2*1-2-4-5-3-1;;;;;/h1-15H,16H2;1-16H;2*3H,1-2,4H2;3*1H;;/q-3;-4;2*-1;;;;;+3/p-3. The molecule has 75 heavy (non-hydrogen) atoms. The number of nitrogens with zero attached hydrogens (tertiary/aromatic N) is 12. The fraction of sp³-hybridized carbons (Fsp3) is 0.125. The van der Waals surface area contributed by atoms with Gasteiger partial charge in [-0.15, -0.1) is 54.9 Å². The minimum Gasteiger partial charge on any atom is 0 e. The SMILES string of the molecule is C1=CC2=NC1=CN1C=CN(C=c3ccc([n-]3)=Cc3ccc([n-]3)C=c3ccc([n-]3)=C2)C1.C1=Cc2cc3ccc(cn4[cH-]n(cc5ccc(cc6ccc(cc1n2)[n-]6)[n-]5)C=C4)[n-]3.[CH-]1CCCO1.[CH-]1CCCO1.[Cl][Gd]([Cl])[Cl].[Gd]. The van der Waals surface area contributed by atoms with Crippen molar-refractivity contribution in [3.8, 4) is 0 Å². The van der Waals surface area contributed by atoms with Crippen molar-refractivity contribution in [2.75, 3.05) is 19.9 Å². The van der Waals surface area contributed by atoms with Crippen LogP contribution in [0.3, 0.4) is 0 Å². The molecule has 7 aromatic rings. The first-order valence-electron chi connectivity index (χ1n) is 23.6. The molecule has 7 aliphatic rings. The summed E-state index contributed by atoms with van der Waals surface area (Å²) in [6.07, 6.45) is 36.7. The molecule has 14 heterocycles. The molecule has 0 unspecified atom stereocenters. The predicted octanol–water partition coefficient (Wildman–Crippen LogP) is 8.18. The van der Waals surface area contributed by atoms with Gasteiger partial charge in [0.25, 0.3) is 0 Å². The van der Waals surface area contributed by atoms with E-state index in [2.05, 4.69) is 49.7 Å². The fourth-order valence-electron chi connectivity index (χ4n) is 7.95. The molecule has 0 aliphatic carbocycles. The number of halogens is 3. The fourth-order valence-corrected chi connectivity index (χ4v) is 7.95. The van der Waals surface area contributed by atoms with Crippen LogP contribution in [0.2, 0.25) is 0 Å².